The van der Waals surface area contributed by atoms with Gasteiger partial charge >= 0.3 is 0 Å². The van der Waals surface area contributed by atoms with Crippen molar-refractivity contribution in [3.05, 3.63) is 18.2 Å². The van der Waals surface area contributed by atoms with Crippen LogP contribution in [0.4, 0.5) is 5.69 Å². The minimum Gasteiger partial charge on any atom is -0.494 e. The fourth-order valence-corrected chi connectivity index (χ4v) is 2.58. The van der Waals surface area contributed by atoms with E-state index in [1.54, 1.807) is 0 Å². The van der Waals surface area contributed by atoms with Gasteiger partial charge in [0.05, 0.1) is 6.61 Å². The summed E-state index contributed by atoms with van der Waals surface area (Å²) in [6.45, 7) is 7.14. The van der Waals surface area contributed by atoms with Gasteiger partial charge in [-0.1, -0.05) is 13.8 Å². The SMILES string of the molecule is CCOc1cc(N)cc(SCCC(C)C)c1. The third kappa shape index (κ3) is 4.79. The van der Waals surface area contributed by atoms with E-state index in [2.05, 4.69) is 19.9 Å². The second-order valence-corrected chi connectivity index (χ2v) is 5.37. The standard InChI is InChI=1S/C13H21NOS/c1-4-15-12-7-11(14)8-13(9-12)16-6-5-10(2)3/h7-10H,4-6,14H2,1-3H3. The summed E-state index contributed by atoms with van der Waals surface area (Å²) in [6, 6.07) is 5.94. The lowest BCUT2D eigenvalue weighted by Crippen LogP contribution is -1.94. The van der Waals surface area contributed by atoms with E-state index in [0.29, 0.717) is 6.61 Å². The molecule has 1 aromatic carbocycles. The van der Waals surface area contributed by atoms with E-state index in [9.17, 15) is 0 Å². The van der Waals surface area contributed by atoms with Crippen molar-refractivity contribution in [2.75, 3.05) is 18.1 Å². The highest BCUT2D eigenvalue weighted by Crippen LogP contribution is 2.27. The molecule has 0 amide bonds. The van der Waals surface area contributed by atoms with E-state index in [-0.39, 0.29) is 0 Å². The molecular weight excluding hydrogens is 218 g/mol. The van der Waals surface area contributed by atoms with Gasteiger partial charge in [0.2, 0.25) is 0 Å². The van der Waals surface area contributed by atoms with Gasteiger partial charge in [-0.25, -0.2) is 0 Å². The van der Waals surface area contributed by atoms with Gasteiger partial charge in [-0.05, 0) is 37.1 Å². The van der Waals surface area contributed by atoms with Gasteiger partial charge in [-0.3, -0.25) is 0 Å². The summed E-state index contributed by atoms with van der Waals surface area (Å²) < 4.78 is 5.46. The summed E-state index contributed by atoms with van der Waals surface area (Å²) in [5.41, 5.74) is 6.60. The minimum absolute atomic E-state index is 0.680. The number of nitrogen functional groups attached to an aromatic ring is 1. The predicted octanol–water partition coefficient (Wildman–Crippen LogP) is 3.81. The Labute approximate surface area is 103 Å². The molecule has 0 bridgehead atoms. The second kappa shape index (κ2) is 6.69. The highest BCUT2D eigenvalue weighted by molar-refractivity contribution is 7.99. The summed E-state index contributed by atoms with van der Waals surface area (Å²) in [5, 5.41) is 0. The van der Waals surface area contributed by atoms with E-state index in [1.807, 2.05) is 30.8 Å². The molecule has 0 aliphatic carbocycles. The molecule has 3 heteroatoms. The predicted molar refractivity (Wildman–Crippen MR) is 72.2 cm³/mol. The Morgan fingerprint density at radius 2 is 2.06 bits per heavy atom. The molecule has 16 heavy (non-hydrogen) atoms. The van der Waals surface area contributed by atoms with Gasteiger partial charge in [0.15, 0.2) is 0 Å². The number of rotatable bonds is 6. The molecule has 2 nitrogen and oxygen atoms in total. The van der Waals surface area contributed by atoms with Gasteiger partial charge in [-0.2, -0.15) is 0 Å². The lowest BCUT2D eigenvalue weighted by Gasteiger charge is -2.08. The second-order valence-electron chi connectivity index (χ2n) is 4.20. The lowest BCUT2D eigenvalue weighted by atomic mass is 10.2. The number of hydrogen-bond acceptors (Lipinski definition) is 3. The first-order valence-corrected chi connectivity index (χ1v) is 6.76. The molecule has 0 heterocycles. The molecule has 0 fully saturated rings. The average Bonchev–Trinajstić information content (AvgIpc) is 2.16. The zero-order valence-corrected chi connectivity index (χ0v) is 11.1. The van der Waals surface area contributed by atoms with Crippen molar-refractivity contribution in [2.24, 2.45) is 5.92 Å². The first-order chi connectivity index (χ1) is 7.61. The van der Waals surface area contributed by atoms with Crippen molar-refractivity contribution < 1.29 is 4.74 Å². The van der Waals surface area contributed by atoms with Crippen LogP contribution < -0.4 is 10.5 Å². The number of ether oxygens (including phenoxy) is 1. The minimum atomic E-state index is 0.680. The first-order valence-electron chi connectivity index (χ1n) is 5.78. The van der Waals surface area contributed by atoms with E-state index in [1.165, 1.54) is 11.3 Å². The van der Waals surface area contributed by atoms with Crippen molar-refractivity contribution in [3.63, 3.8) is 0 Å². The number of nitrogens with two attached hydrogens (primary N) is 1. The number of thioether (sulfide) groups is 1. The number of hydrogen-bond donors (Lipinski definition) is 1. The zero-order valence-electron chi connectivity index (χ0n) is 10.3. The van der Waals surface area contributed by atoms with Gasteiger partial charge < -0.3 is 10.5 Å². The monoisotopic (exact) mass is 239 g/mol. The normalized spacial score (nSPS) is 10.8. The van der Waals surface area contributed by atoms with Crippen molar-refractivity contribution >= 4 is 17.4 Å². The quantitative estimate of drug-likeness (QED) is 0.605. The van der Waals surface area contributed by atoms with Crippen LogP contribution in [0, 0.1) is 5.92 Å². The first kappa shape index (κ1) is 13.2. The van der Waals surface area contributed by atoms with Crippen LogP contribution in [0.15, 0.2) is 23.1 Å². The summed E-state index contributed by atoms with van der Waals surface area (Å²) in [4.78, 5) is 1.20. The van der Waals surface area contributed by atoms with Crippen LogP contribution in [0.1, 0.15) is 27.2 Å². The summed E-state index contributed by atoms with van der Waals surface area (Å²) in [7, 11) is 0. The third-order valence-electron chi connectivity index (χ3n) is 2.18. The molecule has 0 aliphatic rings. The van der Waals surface area contributed by atoms with Crippen LogP contribution in [0.2, 0.25) is 0 Å². The Morgan fingerprint density at radius 3 is 2.69 bits per heavy atom. The topological polar surface area (TPSA) is 35.2 Å². The highest BCUT2D eigenvalue weighted by Gasteiger charge is 2.01. The molecule has 0 aromatic heterocycles. The van der Waals surface area contributed by atoms with Gasteiger partial charge in [0.25, 0.3) is 0 Å². The van der Waals surface area contributed by atoms with Crippen LogP contribution in [0.25, 0.3) is 0 Å². The van der Waals surface area contributed by atoms with Crippen molar-refractivity contribution in [1.29, 1.82) is 0 Å². The highest BCUT2D eigenvalue weighted by atomic mass is 32.2. The Morgan fingerprint density at radius 1 is 1.31 bits per heavy atom. The van der Waals surface area contributed by atoms with E-state index in [4.69, 9.17) is 10.5 Å². The average molecular weight is 239 g/mol. The molecule has 1 rings (SSSR count). The Kier molecular flexibility index (Phi) is 5.53. The van der Waals surface area contributed by atoms with E-state index >= 15 is 0 Å². The molecule has 0 spiro atoms. The number of anilines is 1. The van der Waals surface area contributed by atoms with Crippen molar-refractivity contribution in [2.45, 2.75) is 32.1 Å². The molecule has 0 saturated carbocycles. The Bertz CT molecular complexity index is 326. The third-order valence-corrected chi connectivity index (χ3v) is 3.19. The van der Waals surface area contributed by atoms with Crippen LogP contribution in [-0.2, 0) is 0 Å². The van der Waals surface area contributed by atoms with E-state index < -0.39 is 0 Å². The molecule has 1 aromatic rings. The van der Waals surface area contributed by atoms with Crippen molar-refractivity contribution in [1.82, 2.24) is 0 Å². The number of benzene rings is 1. The molecule has 0 atom stereocenters. The molecule has 2 N–H and O–H groups in total. The molecular formula is C13H21NOS. The molecule has 0 radical (unpaired) electrons. The molecule has 90 valence electrons. The van der Waals surface area contributed by atoms with E-state index in [0.717, 1.165) is 23.1 Å². The molecule has 0 unspecified atom stereocenters. The largest absolute Gasteiger partial charge is 0.494 e. The Hall–Kier alpha value is -0.830. The smallest absolute Gasteiger partial charge is 0.122 e. The van der Waals surface area contributed by atoms with Gasteiger partial charge in [0.1, 0.15) is 5.75 Å². The lowest BCUT2D eigenvalue weighted by molar-refractivity contribution is 0.339. The molecule has 0 aliphatic heterocycles. The fourth-order valence-electron chi connectivity index (χ4n) is 1.34. The van der Waals surface area contributed by atoms with Gasteiger partial charge in [0, 0.05) is 16.6 Å². The fraction of sp³-hybridized carbons (Fsp3) is 0.538. The Balaban J connectivity index is 2.58. The van der Waals surface area contributed by atoms with Crippen LogP contribution >= 0.6 is 11.8 Å². The van der Waals surface area contributed by atoms with Crippen LogP contribution in [0.5, 0.6) is 5.75 Å². The van der Waals surface area contributed by atoms with Crippen LogP contribution in [0.3, 0.4) is 0 Å². The zero-order chi connectivity index (χ0) is 12.0. The maximum Gasteiger partial charge on any atom is 0.122 e. The summed E-state index contributed by atoms with van der Waals surface area (Å²) in [6.07, 6.45) is 1.23. The summed E-state index contributed by atoms with van der Waals surface area (Å²) >= 11 is 1.84. The molecule has 0 saturated heterocycles. The maximum absolute atomic E-state index is 5.83. The summed E-state index contributed by atoms with van der Waals surface area (Å²) in [5.74, 6) is 2.75. The van der Waals surface area contributed by atoms with Gasteiger partial charge in [-0.15, -0.1) is 11.8 Å². The van der Waals surface area contributed by atoms with Crippen molar-refractivity contribution in [3.8, 4) is 5.75 Å². The maximum atomic E-state index is 5.83. The van der Waals surface area contributed by atoms with Crippen LogP contribution in [-0.4, -0.2) is 12.4 Å².